The Bertz CT molecular complexity index is 465. The molecular weight excluding hydrogens is 441 g/mol. The first-order valence-electron chi connectivity index (χ1n) is 14.5. The molecule has 0 saturated heterocycles. The van der Waals surface area contributed by atoms with Crippen LogP contribution in [-0.2, 0) is 14.3 Å². The van der Waals surface area contributed by atoms with Gasteiger partial charge in [-0.1, -0.05) is 155 Å². The molecule has 3 nitrogen and oxygen atoms in total. The summed E-state index contributed by atoms with van der Waals surface area (Å²) in [7, 11) is -3.31. The maximum Gasteiger partial charge on any atom is 2.00 e. The molecule has 0 fully saturated rings. The van der Waals surface area contributed by atoms with E-state index in [1.165, 1.54) is 122 Å². The van der Waals surface area contributed by atoms with Crippen molar-refractivity contribution in [1.29, 1.82) is 0 Å². The van der Waals surface area contributed by atoms with Crippen molar-refractivity contribution in [2.24, 2.45) is 0 Å². The van der Waals surface area contributed by atoms with E-state index in [2.05, 4.69) is 13.8 Å². The van der Waals surface area contributed by atoms with E-state index in [1.54, 1.807) is 0 Å². The maximum absolute atomic E-state index is 12.0. The third kappa shape index (κ3) is 30.6. The zero-order chi connectivity index (χ0) is 23.6. The normalized spacial score (nSPS) is 11.6. The van der Waals surface area contributed by atoms with E-state index < -0.39 is 10.1 Å². The standard InChI is InChI=1S/C28H58O3S.Mg.2H/c1-3-5-7-9-11-13-15-17-19-21-23-25-27-31-32(29,30)28-26-24-22-20-18-16-14-12-10-8-6-4-2;;;/h3-28H2,1-2H3;;;/q;+2;2*-1. The average molecular weight is 501 g/mol. The fourth-order valence-corrected chi connectivity index (χ4v) is 5.36. The van der Waals surface area contributed by atoms with E-state index in [0.717, 1.165) is 32.1 Å². The second kappa shape index (κ2) is 28.9. The molecule has 0 saturated carbocycles. The van der Waals surface area contributed by atoms with Crippen LogP contribution in [0.4, 0.5) is 0 Å². The van der Waals surface area contributed by atoms with Gasteiger partial charge in [-0.05, 0) is 12.8 Å². The predicted molar refractivity (Wildman–Crippen MR) is 150 cm³/mol. The van der Waals surface area contributed by atoms with Gasteiger partial charge in [-0.25, -0.2) is 0 Å². The minimum Gasteiger partial charge on any atom is -1.00 e. The fraction of sp³-hybridized carbons (Fsp3) is 1.00. The van der Waals surface area contributed by atoms with Crippen LogP contribution in [0.3, 0.4) is 0 Å². The van der Waals surface area contributed by atoms with Gasteiger partial charge in [0.25, 0.3) is 10.1 Å². The summed E-state index contributed by atoms with van der Waals surface area (Å²) in [6, 6.07) is 0. The molecule has 0 N–H and O–H groups in total. The van der Waals surface area contributed by atoms with E-state index in [-0.39, 0.29) is 31.7 Å². The van der Waals surface area contributed by atoms with E-state index >= 15 is 0 Å². The van der Waals surface area contributed by atoms with Gasteiger partial charge in [0.05, 0.1) is 12.4 Å². The number of hydrogen-bond donors (Lipinski definition) is 0. The molecule has 0 aromatic heterocycles. The van der Waals surface area contributed by atoms with Crippen LogP contribution in [0.15, 0.2) is 0 Å². The quantitative estimate of drug-likeness (QED) is 0.0640. The average Bonchev–Trinajstić information content (AvgIpc) is 2.77. The molecule has 33 heavy (non-hydrogen) atoms. The molecule has 0 rings (SSSR count). The Labute approximate surface area is 228 Å². The van der Waals surface area contributed by atoms with Gasteiger partial charge in [0.15, 0.2) is 0 Å². The molecule has 0 spiro atoms. The molecule has 0 unspecified atom stereocenters. The Kier molecular flexibility index (Phi) is 31.4. The Balaban J connectivity index is -0.00000160. The van der Waals surface area contributed by atoms with E-state index in [9.17, 15) is 8.42 Å². The van der Waals surface area contributed by atoms with Crippen molar-refractivity contribution >= 4 is 33.2 Å². The zero-order valence-electron chi connectivity index (χ0n) is 24.7. The van der Waals surface area contributed by atoms with Gasteiger partial charge < -0.3 is 2.85 Å². The topological polar surface area (TPSA) is 43.4 Å². The van der Waals surface area contributed by atoms with Crippen molar-refractivity contribution in [2.45, 2.75) is 168 Å². The molecule has 198 valence electrons. The summed E-state index contributed by atoms with van der Waals surface area (Å²) in [6.45, 7) is 4.90. The van der Waals surface area contributed by atoms with Crippen LogP contribution < -0.4 is 0 Å². The van der Waals surface area contributed by atoms with Crippen LogP contribution in [0.2, 0.25) is 0 Å². The SMILES string of the molecule is CCCCCCCCCCCCCCOS(=O)(=O)CCCCCCCCCCCCCC.[H-].[H-].[Mg+2]. The second-order valence-corrected chi connectivity index (χ2v) is 11.6. The molecule has 0 amide bonds. The van der Waals surface area contributed by atoms with Gasteiger partial charge in [-0.3, -0.25) is 4.18 Å². The summed E-state index contributed by atoms with van der Waals surface area (Å²) < 4.78 is 29.2. The molecule has 0 aromatic rings. The third-order valence-electron chi connectivity index (χ3n) is 6.51. The number of unbranched alkanes of at least 4 members (excludes halogenated alkanes) is 22. The first-order valence-corrected chi connectivity index (χ1v) is 16.1. The first kappa shape index (κ1) is 35.8. The fourth-order valence-electron chi connectivity index (χ4n) is 4.31. The van der Waals surface area contributed by atoms with Crippen LogP contribution in [0.25, 0.3) is 0 Å². The van der Waals surface area contributed by atoms with Crippen LogP contribution >= 0.6 is 0 Å². The molecule has 0 heterocycles. The summed E-state index contributed by atoms with van der Waals surface area (Å²) >= 11 is 0. The molecule has 0 atom stereocenters. The van der Waals surface area contributed by atoms with Crippen molar-refractivity contribution in [2.75, 3.05) is 12.4 Å². The smallest absolute Gasteiger partial charge is 1.00 e. The van der Waals surface area contributed by atoms with Crippen LogP contribution in [0.1, 0.15) is 171 Å². The van der Waals surface area contributed by atoms with Gasteiger partial charge in [0.1, 0.15) is 0 Å². The van der Waals surface area contributed by atoms with E-state index in [4.69, 9.17) is 4.18 Å². The Hall–Kier alpha value is 0.676. The molecular formula is C28H60MgO3S. The molecule has 0 aliphatic heterocycles. The first-order chi connectivity index (χ1) is 15.6. The minimum atomic E-state index is -3.31. The molecule has 0 bridgehead atoms. The summed E-state index contributed by atoms with van der Waals surface area (Å²) in [5.74, 6) is 0.197. The Morgan fingerprint density at radius 2 is 0.727 bits per heavy atom. The molecule has 0 aromatic carbocycles. The summed E-state index contributed by atoms with van der Waals surface area (Å²) in [5, 5.41) is 0. The Morgan fingerprint density at radius 1 is 0.455 bits per heavy atom. The van der Waals surface area contributed by atoms with Crippen LogP contribution in [-0.4, -0.2) is 43.8 Å². The third-order valence-corrected chi connectivity index (χ3v) is 7.82. The molecule has 0 aliphatic rings. The van der Waals surface area contributed by atoms with E-state index in [0.29, 0.717) is 6.61 Å². The predicted octanol–water partition coefficient (Wildman–Crippen LogP) is 9.58. The van der Waals surface area contributed by atoms with Gasteiger partial charge >= 0.3 is 23.1 Å². The van der Waals surface area contributed by atoms with Gasteiger partial charge in [-0.15, -0.1) is 0 Å². The molecule has 5 heteroatoms. The van der Waals surface area contributed by atoms with Crippen molar-refractivity contribution in [3.05, 3.63) is 0 Å². The zero-order valence-corrected chi connectivity index (χ0v) is 25.0. The number of hydrogen-bond acceptors (Lipinski definition) is 3. The summed E-state index contributed by atoms with van der Waals surface area (Å²) in [5.41, 5.74) is 0. The maximum atomic E-state index is 12.0. The van der Waals surface area contributed by atoms with Crippen LogP contribution in [0, 0.1) is 0 Å². The van der Waals surface area contributed by atoms with Crippen molar-refractivity contribution < 1.29 is 15.5 Å². The minimum absolute atomic E-state index is 0. The van der Waals surface area contributed by atoms with Gasteiger partial charge in [0.2, 0.25) is 0 Å². The van der Waals surface area contributed by atoms with Crippen molar-refractivity contribution in [3.8, 4) is 0 Å². The second-order valence-electron chi connectivity index (χ2n) is 9.86. The Morgan fingerprint density at radius 3 is 1.06 bits per heavy atom. The van der Waals surface area contributed by atoms with Crippen molar-refractivity contribution in [1.82, 2.24) is 0 Å². The summed E-state index contributed by atoms with van der Waals surface area (Å²) in [6.07, 6.45) is 30.5. The van der Waals surface area contributed by atoms with Gasteiger partial charge in [0, 0.05) is 0 Å². The number of rotatable bonds is 27. The monoisotopic (exact) mass is 500 g/mol. The molecule has 0 radical (unpaired) electrons. The summed E-state index contributed by atoms with van der Waals surface area (Å²) in [4.78, 5) is 0. The van der Waals surface area contributed by atoms with Gasteiger partial charge in [-0.2, -0.15) is 8.42 Å². The van der Waals surface area contributed by atoms with Crippen LogP contribution in [0.5, 0.6) is 0 Å². The molecule has 0 aliphatic carbocycles. The van der Waals surface area contributed by atoms with E-state index in [1.807, 2.05) is 0 Å². The largest absolute Gasteiger partial charge is 2.00 e. The van der Waals surface area contributed by atoms with Crippen molar-refractivity contribution in [3.63, 3.8) is 0 Å².